The average molecular weight is 420 g/mol. The third kappa shape index (κ3) is 4.71. The standard InChI is InChI=1S/C22H23F3N2O3/c1-15-10-17(12-26-6-8-29-9-7-26)11-18-14-27(21(28)20(15)18)13-16-2-4-19(5-3-16)30-22(23,24)25/h2-5,10-11,14,28H,6-9,12-13H2,1H3. The first-order valence-corrected chi connectivity index (χ1v) is 9.74. The molecule has 0 amide bonds. The molecule has 1 fully saturated rings. The van der Waals surface area contributed by atoms with Crippen LogP contribution >= 0.6 is 0 Å². The molecule has 0 bridgehead atoms. The van der Waals surface area contributed by atoms with Gasteiger partial charge < -0.3 is 19.1 Å². The number of aromatic hydroxyl groups is 1. The molecule has 1 aliphatic heterocycles. The smallest absolute Gasteiger partial charge is 0.494 e. The number of nitrogens with zero attached hydrogens (tertiary/aromatic N) is 2. The van der Waals surface area contributed by atoms with Gasteiger partial charge in [-0.05, 0) is 41.8 Å². The van der Waals surface area contributed by atoms with Crippen LogP contribution in [0.3, 0.4) is 0 Å². The lowest BCUT2D eigenvalue weighted by atomic mass is 10.0. The van der Waals surface area contributed by atoms with Crippen molar-refractivity contribution in [1.29, 1.82) is 0 Å². The zero-order valence-corrected chi connectivity index (χ0v) is 16.6. The Balaban J connectivity index is 1.54. The zero-order chi connectivity index (χ0) is 21.3. The number of ether oxygens (including phenoxy) is 2. The van der Waals surface area contributed by atoms with Gasteiger partial charge in [-0.2, -0.15) is 0 Å². The van der Waals surface area contributed by atoms with Gasteiger partial charge in [0.1, 0.15) is 5.75 Å². The molecule has 4 rings (SSSR count). The van der Waals surface area contributed by atoms with Crippen molar-refractivity contribution in [2.45, 2.75) is 26.4 Å². The van der Waals surface area contributed by atoms with Crippen molar-refractivity contribution in [3.05, 3.63) is 59.3 Å². The Morgan fingerprint density at radius 1 is 1.03 bits per heavy atom. The van der Waals surface area contributed by atoms with E-state index >= 15 is 0 Å². The van der Waals surface area contributed by atoms with E-state index in [1.165, 1.54) is 17.7 Å². The fourth-order valence-electron chi connectivity index (χ4n) is 3.89. The second-order valence-corrected chi connectivity index (χ2v) is 7.54. The quantitative estimate of drug-likeness (QED) is 0.663. The van der Waals surface area contributed by atoms with Crippen molar-refractivity contribution in [2.75, 3.05) is 26.3 Å². The van der Waals surface area contributed by atoms with Gasteiger partial charge in [0.25, 0.3) is 0 Å². The number of hydrogen-bond acceptors (Lipinski definition) is 4. The van der Waals surface area contributed by atoms with Crippen LogP contribution in [0.15, 0.2) is 42.6 Å². The van der Waals surface area contributed by atoms with Gasteiger partial charge in [-0.15, -0.1) is 13.2 Å². The van der Waals surface area contributed by atoms with E-state index in [1.54, 1.807) is 16.7 Å². The SMILES string of the molecule is Cc1cc(CN2CCOCC2)cc2cn(Cc3ccc(OC(F)(F)F)cc3)c(O)c12. The van der Waals surface area contributed by atoms with E-state index in [0.717, 1.165) is 54.7 Å². The normalized spacial score (nSPS) is 15.6. The molecule has 0 saturated carbocycles. The minimum Gasteiger partial charge on any atom is -0.494 e. The molecule has 1 aliphatic rings. The third-order valence-corrected chi connectivity index (χ3v) is 5.24. The van der Waals surface area contributed by atoms with Gasteiger partial charge in [0, 0.05) is 36.6 Å². The maximum atomic E-state index is 12.3. The summed E-state index contributed by atoms with van der Waals surface area (Å²) in [5.41, 5.74) is 2.92. The van der Waals surface area contributed by atoms with Crippen molar-refractivity contribution in [3.8, 4) is 11.6 Å². The summed E-state index contributed by atoms with van der Waals surface area (Å²) >= 11 is 0. The van der Waals surface area contributed by atoms with Gasteiger partial charge in [-0.25, -0.2) is 0 Å². The zero-order valence-electron chi connectivity index (χ0n) is 16.6. The highest BCUT2D eigenvalue weighted by molar-refractivity contribution is 5.91. The first-order valence-electron chi connectivity index (χ1n) is 9.74. The predicted octanol–water partition coefficient (Wildman–Crippen LogP) is 4.43. The lowest BCUT2D eigenvalue weighted by molar-refractivity contribution is -0.274. The lowest BCUT2D eigenvalue weighted by Gasteiger charge is -2.26. The second kappa shape index (κ2) is 8.20. The maximum absolute atomic E-state index is 12.3. The predicted molar refractivity (Wildman–Crippen MR) is 107 cm³/mol. The molecule has 0 spiro atoms. The van der Waals surface area contributed by atoms with E-state index in [1.807, 2.05) is 13.1 Å². The topological polar surface area (TPSA) is 46.9 Å². The molecular formula is C22H23F3N2O3. The van der Waals surface area contributed by atoms with E-state index < -0.39 is 6.36 Å². The molecule has 0 radical (unpaired) electrons. The second-order valence-electron chi connectivity index (χ2n) is 7.54. The number of hydrogen-bond donors (Lipinski definition) is 1. The molecule has 1 aromatic heterocycles. The Morgan fingerprint density at radius 2 is 1.73 bits per heavy atom. The monoisotopic (exact) mass is 420 g/mol. The molecule has 1 saturated heterocycles. The molecule has 2 heterocycles. The van der Waals surface area contributed by atoms with Crippen LogP contribution in [0.25, 0.3) is 10.8 Å². The van der Waals surface area contributed by atoms with Gasteiger partial charge in [-0.1, -0.05) is 18.2 Å². The van der Waals surface area contributed by atoms with Crippen molar-refractivity contribution in [3.63, 3.8) is 0 Å². The fourth-order valence-corrected chi connectivity index (χ4v) is 3.89. The summed E-state index contributed by atoms with van der Waals surface area (Å²) in [5, 5.41) is 12.4. The third-order valence-electron chi connectivity index (χ3n) is 5.24. The van der Waals surface area contributed by atoms with E-state index in [4.69, 9.17) is 4.74 Å². The highest BCUT2D eigenvalue weighted by atomic mass is 19.4. The van der Waals surface area contributed by atoms with Crippen LogP contribution in [0, 0.1) is 6.92 Å². The summed E-state index contributed by atoms with van der Waals surface area (Å²) in [7, 11) is 0. The molecule has 1 N–H and O–H groups in total. The number of benzene rings is 2. The molecule has 0 aliphatic carbocycles. The maximum Gasteiger partial charge on any atom is 0.573 e. The fraction of sp³-hybridized carbons (Fsp3) is 0.364. The van der Waals surface area contributed by atoms with Gasteiger partial charge in [0.05, 0.1) is 19.8 Å². The van der Waals surface area contributed by atoms with E-state index in [0.29, 0.717) is 6.54 Å². The molecule has 0 atom stereocenters. The van der Waals surface area contributed by atoms with Gasteiger partial charge in [-0.3, -0.25) is 4.90 Å². The van der Waals surface area contributed by atoms with Crippen LogP contribution in [0.1, 0.15) is 16.7 Å². The van der Waals surface area contributed by atoms with E-state index in [2.05, 4.69) is 21.8 Å². The molecule has 160 valence electrons. The molecular weight excluding hydrogens is 397 g/mol. The summed E-state index contributed by atoms with van der Waals surface area (Å²) in [5.74, 6) is -0.118. The molecule has 8 heteroatoms. The highest BCUT2D eigenvalue weighted by Gasteiger charge is 2.31. The summed E-state index contributed by atoms with van der Waals surface area (Å²) in [6, 6.07) is 9.83. The number of rotatable bonds is 5. The highest BCUT2D eigenvalue weighted by Crippen LogP contribution is 2.32. The van der Waals surface area contributed by atoms with Gasteiger partial charge >= 0.3 is 6.36 Å². The van der Waals surface area contributed by atoms with E-state index in [9.17, 15) is 18.3 Å². The first kappa shape index (κ1) is 20.6. The Morgan fingerprint density at radius 3 is 2.40 bits per heavy atom. The van der Waals surface area contributed by atoms with Crippen LogP contribution in [-0.4, -0.2) is 47.2 Å². The molecule has 0 unspecified atom stereocenters. The Bertz CT molecular complexity index is 1020. The summed E-state index contributed by atoms with van der Waals surface area (Å²) in [6.45, 7) is 6.42. The number of morpholine rings is 1. The first-order chi connectivity index (χ1) is 14.3. The van der Waals surface area contributed by atoms with Crippen molar-refractivity contribution in [2.24, 2.45) is 0 Å². The van der Waals surface area contributed by atoms with Crippen LogP contribution in [0.2, 0.25) is 0 Å². The molecule has 30 heavy (non-hydrogen) atoms. The number of aromatic nitrogens is 1. The Labute approximate surface area is 172 Å². The minimum absolute atomic E-state index is 0.149. The van der Waals surface area contributed by atoms with Crippen LogP contribution in [0.4, 0.5) is 13.2 Å². The van der Waals surface area contributed by atoms with E-state index in [-0.39, 0.29) is 11.6 Å². The average Bonchev–Trinajstić information content (AvgIpc) is 2.99. The number of fused-ring (bicyclic) bond motifs is 1. The molecule has 3 aromatic rings. The van der Waals surface area contributed by atoms with Crippen LogP contribution in [0.5, 0.6) is 11.6 Å². The van der Waals surface area contributed by atoms with Crippen LogP contribution < -0.4 is 4.74 Å². The number of alkyl halides is 3. The summed E-state index contributed by atoms with van der Waals surface area (Å²) < 4.78 is 47.9. The van der Waals surface area contributed by atoms with Gasteiger partial charge in [0.2, 0.25) is 0 Å². The summed E-state index contributed by atoms with van der Waals surface area (Å²) in [4.78, 5) is 2.34. The van der Waals surface area contributed by atoms with Crippen LogP contribution in [-0.2, 0) is 17.8 Å². The Kier molecular flexibility index (Phi) is 5.62. The van der Waals surface area contributed by atoms with Crippen molar-refractivity contribution >= 4 is 10.8 Å². The largest absolute Gasteiger partial charge is 0.573 e. The summed E-state index contributed by atoms with van der Waals surface area (Å²) in [6.07, 6.45) is -2.84. The Hall–Kier alpha value is -2.71. The number of halogens is 3. The minimum atomic E-state index is -4.71. The van der Waals surface area contributed by atoms with Gasteiger partial charge in [0.15, 0.2) is 5.88 Å². The number of aryl methyl sites for hydroxylation is 1. The molecule has 5 nitrogen and oxygen atoms in total. The van der Waals surface area contributed by atoms with Crippen molar-refractivity contribution in [1.82, 2.24) is 9.47 Å². The molecule has 2 aromatic carbocycles. The lowest BCUT2D eigenvalue weighted by Crippen LogP contribution is -2.35. The van der Waals surface area contributed by atoms with Crippen molar-refractivity contribution < 1.29 is 27.8 Å².